The van der Waals surface area contributed by atoms with Gasteiger partial charge >= 0.3 is 6.03 Å². The summed E-state index contributed by atoms with van der Waals surface area (Å²) in [5, 5.41) is 11.3. The predicted octanol–water partition coefficient (Wildman–Crippen LogP) is 2.00. The lowest BCUT2D eigenvalue weighted by molar-refractivity contribution is 0.00372. The molecule has 2 unspecified atom stereocenters. The molecule has 1 aliphatic heterocycles. The van der Waals surface area contributed by atoms with Crippen LogP contribution in [0.15, 0.2) is 24.4 Å². The van der Waals surface area contributed by atoms with Crippen LogP contribution in [-0.2, 0) is 4.74 Å². The van der Waals surface area contributed by atoms with Crippen LogP contribution in [0.25, 0.3) is 5.65 Å². The average Bonchev–Trinajstić information content (AvgIpc) is 2.99. The van der Waals surface area contributed by atoms with Gasteiger partial charge in [-0.25, -0.2) is 4.79 Å². The van der Waals surface area contributed by atoms with E-state index < -0.39 is 0 Å². The fraction of sp³-hybridized carbons (Fsp3) is 0.562. The first-order chi connectivity index (χ1) is 11.1. The smallest absolute Gasteiger partial charge is 0.317 e. The van der Waals surface area contributed by atoms with Crippen LogP contribution < -0.4 is 5.32 Å². The Morgan fingerprint density at radius 2 is 2.35 bits per heavy atom. The van der Waals surface area contributed by atoms with Crippen molar-refractivity contribution < 1.29 is 9.53 Å². The standard InChI is InChI=1S/C16H23N5O2/c1-12(15-19-18-14-8-3-5-9-21(14)15)17-16(22)20(2)11-13-7-4-6-10-23-13/h3,5,8-9,12-13H,4,6-7,10-11H2,1-2H3,(H,17,22). The van der Waals surface area contributed by atoms with Crippen LogP contribution in [0.4, 0.5) is 4.79 Å². The zero-order valence-corrected chi connectivity index (χ0v) is 13.6. The molecule has 2 amide bonds. The number of rotatable bonds is 4. The second-order valence-electron chi connectivity index (χ2n) is 6.03. The molecule has 0 aliphatic carbocycles. The molecule has 1 saturated heterocycles. The zero-order chi connectivity index (χ0) is 16.2. The topological polar surface area (TPSA) is 71.8 Å². The number of pyridine rings is 1. The summed E-state index contributed by atoms with van der Waals surface area (Å²) in [6, 6.07) is 5.36. The number of carbonyl (C=O) groups excluding carboxylic acids is 1. The molecule has 2 aromatic heterocycles. The Bertz CT molecular complexity index is 665. The molecule has 2 aromatic rings. The molecule has 0 bridgehead atoms. The van der Waals surface area contributed by atoms with Crippen molar-refractivity contribution >= 4 is 11.7 Å². The van der Waals surface area contributed by atoms with Crippen LogP contribution in [0.3, 0.4) is 0 Å². The first kappa shape index (κ1) is 15.7. The van der Waals surface area contributed by atoms with Gasteiger partial charge in [0.2, 0.25) is 0 Å². The number of carbonyl (C=O) groups is 1. The van der Waals surface area contributed by atoms with Crippen LogP contribution in [0, 0.1) is 0 Å². The SMILES string of the molecule is CC(NC(=O)N(C)CC1CCCCO1)c1nnc2ccccn12. The van der Waals surface area contributed by atoms with E-state index in [9.17, 15) is 4.79 Å². The summed E-state index contributed by atoms with van der Waals surface area (Å²) in [5.41, 5.74) is 0.771. The molecule has 0 aromatic carbocycles. The van der Waals surface area contributed by atoms with E-state index in [0.29, 0.717) is 6.54 Å². The molecule has 23 heavy (non-hydrogen) atoms. The zero-order valence-electron chi connectivity index (χ0n) is 13.6. The van der Waals surface area contributed by atoms with Crippen molar-refractivity contribution in [2.24, 2.45) is 0 Å². The van der Waals surface area contributed by atoms with Gasteiger partial charge in [0.25, 0.3) is 0 Å². The molecule has 1 fully saturated rings. The maximum atomic E-state index is 12.4. The molecule has 1 aliphatic rings. The van der Waals surface area contributed by atoms with E-state index in [0.717, 1.165) is 30.9 Å². The number of hydrogen-bond donors (Lipinski definition) is 1. The average molecular weight is 317 g/mol. The second kappa shape index (κ2) is 6.95. The van der Waals surface area contributed by atoms with Crippen LogP contribution in [0.5, 0.6) is 0 Å². The summed E-state index contributed by atoms with van der Waals surface area (Å²) >= 11 is 0. The van der Waals surface area contributed by atoms with Gasteiger partial charge in [0, 0.05) is 26.4 Å². The summed E-state index contributed by atoms with van der Waals surface area (Å²) < 4.78 is 7.57. The van der Waals surface area contributed by atoms with Gasteiger partial charge in [-0.05, 0) is 38.3 Å². The number of likely N-dealkylation sites (N-methyl/N-ethyl adjacent to an activating group) is 1. The predicted molar refractivity (Wildman–Crippen MR) is 86.2 cm³/mol. The maximum absolute atomic E-state index is 12.4. The third kappa shape index (κ3) is 3.61. The lowest BCUT2D eigenvalue weighted by Crippen LogP contribution is -2.43. The molecule has 0 spiro atoms. The van der Waals surface area contributed by atoms with Gasteiger partial charge in [0.1, 0.15) is 0 Å². The normalized spacial score (nSPS) is 19.5. The maximum Gasteiger partial charge on any atom is 0.317 e. The number of amides is 2. The Hall–Kier alpha value is -2.15. The fourth-order valence-electron chi connectivity index (χ4n) is 2.85. The third-order valence-electron chi connectivity index (χ3n) is 4.17. The van der Waals surface area contributed by atoms with Gasteiger partial charge in [-0.3, -0.25) is 4.40 Å². The van der Waals surface area contributed by atoms with E-state index in [1.807, 2.05) is 35.7 Å². The summed E-state index contributed by atoms with van der Waals surface area (Å²) in [6.45, 7) is 3.31. The molecule has 3 heterocycles. The summed E-state index contributed by atoms with van der Waals surface area (Å²) in [4.78, 5) is 14.0. The van der Waals surface area contributed by atoms with Crippen molar-refractivity contribution in [3.05, 3.63) is 30.2 Å². The van der Waals surface area contributed by atoms with E-state index >= 15 is 0 Å². The first-order valence-electron chi connectivity index (χ1n) is 8.08. The molecule has 3 rings (SSSR count). The minimum atomic E-state index is -0.227. The highest BCUT2D eigenvalue weighted by atomic mass is 16.5. The van der Waals surface area contributed by atoms with Gasteiger partial charge in [-0.15, -0.1) is 10.2 Å². The van der Waals surface area contributed by atoms with Gasteiger partial charge in [0.15, 0.2) is 11.5 Å². The molecule has 7 heteroatoms. The molecule has 0 saturated carbocycles. The van der Waals surface area contributed by atoms with Gasteiger partial charge in [-0.2, -0.15) is 0 Å². The van der Waals surface area contributed by atoms with E-state index in [4.69, 9.17) is 4.74 Å². The lowest BCUT2D eigenvalue weighted by atomic mass is 10.1. The van der Waals surface area contributed by atoms with E-state index in [-0.39, 0.29) is 18.2 Å². The number of aromatic nitrogens is 3. The Morgan fingerprint density at radius 1 is 1.48 bits per heavy atom. The Morgan fingerprint density at radius 3 is 3.13 bits per heavy atom. The fourth-order valence-corrected chi connectivity index (χ4v) is 2.85. The minimum absolute atomic E-state index is 0.126. The second-order valence-corrected chi connectivity index (χ2v) is 6.03. The van der Waals surface area contributed by atoms with Gasteiger partial charge in [-0.1, -0.05) is 6.07 Å². The first-order valence-corrected chi connectivity index (χ1v) is 8.08. The number of ether oxygens (including phenoxy) is 1. The largest absolute Gasteiger partial charge is 0.376 e. The highest BCUT2D eigenvalue weighted by molar-refractivity contribution is 5.74. The van der Waals surface area contributed by atoms with Gasteiger partial charge < -0.3 is 15.0 Å². The Kier molecular flexibility index (Phi) is 4.76. The molecule has 0 radical (unpaired) electrons. The van der Waals surface area contributed by atoms with Gasteiger partial charge in [0.05, 0.1) is 12.1 Å². The number of fused-ring (bicyclic) bond motifs is 1. The van der Waals surface area contributed by atoms with E-state index in [2.05, 4.69) is 15.5 Å². The minimum Gasteiger partial charge on any atom is -0.376 e. The number of nitrogens with zero attached hydrogens (tertiary/aromatic N) is 4. The lowest BCUT2D eigenvalue weighted by Gasteiger charge is -2.28. The van der Waals surface area contributed by atoms with E-state index in [1.165, 1.54) is 6.42 Å². The number of nitrogens with one attached hydrogen (secondary N) is 1. The monoisotopic (exact) mass is 317 g/mol. The van der Waals surface area contributed by atoms with Crippen molar-refractivity contribution in [1.29, 1.82) is 0 Å². The van der Waals surface area contributed by atoms with Crippen molar-refractivity contribution in [3.8, 4) is 0 Å². The van der Waals surface area contributed by atoms with Crippen molar-refractivity contribution in [2.75, 3.05) is 20.2 Å². The highest BCUT2D eigenvalue weighted by Gasteiger charge is 2.21. The summed E-state index contributed by atoms with van der Waals surface area (Å²) in [7, 11) is 1.79. The van der Waals surface area contributed by atoms with Crippen LogP contribution in [-0.4, -0.2) is 51.8 Å². The van der Waals surface area contributed by atoms with Crippen molar-refractivity contribution in [2.45, 2.75) is 38.3 Å². The third-order valence-corrected chi connectivity index (χ3v) is 4.17. The Balaban J connectivity index is 1.60. The number of hydrogen-bond acceptors (Lipinski definition) is 4. The molecule has 1 N–H and O–H groups in total. The van der Waals surface area contributed by atoms with E-state index in [1.54, 1.807) is 11.9 Å². The van der Waals surface area contributed by atoms with Crippen LogP contribution in [0.1, 0.15) is 38.1 Å². The molecule has 7 nitrogen and oxygen atoms in total. The summed E-state index contributed by atoms with van der Waals surface area (Å²) in [6.07, 6.45) is 5.34. The quantitative estimate of drug-likeness (QED) is 0.936. The molecule has 124 valence electrons. The highest BCUT2D eigenvalue weighted by Crippen LogP contribution is 2.15. The molecular formula is C16H23N5O2. The van der Waals surface area contributed by atoms with Crippen molar-refractivity contribution in [1.82, 2.24) is 24.8 Å². The Labute approximate surface area is 135 Å². The van der Waals surface area contributed by atoms with Crippen molar-refractivity contribution in [3.63, 3.8) is 0 Å². The summed E-state index contributed by atoms with van der Waals surface area (Å²) in [5.74, 6) is 0.719. The molecule has 2 atom stereocenters. The van der Waals surface area contributed by atoms with Crippen LogP contribution in [0.2, 0.25) is 0 Å². The molecular weight excluding hydrogens is 294 g/mol. The van der Waals surface area contributed by atoms with Crippen LogP contribution >= 0.6 is 0 Å². The number of urea groups is 1.